The van der Waals surface area contributed by atoms with Crippen molar-refractivity contribution in [3.05, 3.63) is 90.5 Å². The summed E-state index contributed by atoms with van der Waals surface area (Å²) >= 11 is 0. The van der Waals surface area contributed by atoms with Gasteiger partial charge in [-0.05, 0) is 17.2 Å². The van der Waals surface area contributed by atoms with Crippen molar-refractivity contribution >= 4 is 11.9 Å². The van der Waals surface area contributed by atoms with Crippen LogP contribution in [0, 0.1) is 0 Å². The number of para-hydroxylation sites is 1. The zero-order chi connectivity index (χ0) is 20.9. The standard InChI is InChI=1S/C21H21NO.C2H2O4/c1-3-9-18(10-4-1)17-22-15-16-23-21-14-8-7-13-20(21)19-11-5-2-6-12-19;3-1(4)2(5)6/h1-14,22H,15-17H2;(H,3,4)(H,5,6). The first kappa shape index (κ1) is 21.7. The lowest BCUT2D eigenvalue weighted by Crippen LogP contribution is -2.20. The Morgan fingerprint density at radius 1 is 0.759 bits per heavy atom. The molecule has 0 aliphatic heterocycles. The minimum atomic E-state index is -1.82. The third-order valence-corrected chi connectivity index (χ3v) is 3.86. The fraction of sp³-hybridized carbons (Fsp3) is 0.130. The Kier molecular flexibility index (Phi) is 8.92. The molecule has 0 unspecified atom stereocenters. The molecule has 29 heavy (non-hydrogen) atoms. The van der Waals surface area contributed by atoms with Crippen molar-refractivity contribution in [1.82, 2.24) is 5.32 Å². The van der Waals surface area contributed by atoms with E-state index >= 15 is 0 Å². The molecule has 0 amide bonds. The predicted molar refractivity (Wildman–Crippen MR) is 111 cm³/mol. The fourth-order valence-corrected chi connectivity index (χ4v) is 2.51. The van der Waals surface area contributed by atoms with Crippen molar-refractivity contribution < 1.29 is 24.5 Å². The number of ether oxygens (including phenoxy) is 1. The number of aliphatic carboxylic acids is 2. The largest absolute Gasteiger partial charge is 0.492 e. The summed E-state index contributed by atoms with van der Waals surface area (Å²) in [5.74, 6) is -2.72. The first-order valence-corrected chi connectivity index (χ1v) is 9.06. The van der Waals surface area contributed by atoms with E-state index in [-0.39, 0.29) is 0 Å². The molecule has 0 bridgehead atoms. The van der Waals surface area contributed by atoms with Crippen LogP contribution in [0.4, 0.5) is 0 Å². The predicted octanol–water partition coefficient (Wildman–Crippen LogP) is 3.68. The Morgan fingerprint density at radius 2 is 1.31 bits per heavy atom. The quantitative estimate of drug-likeness (QED) is 0.419. The third kappa shape index (κ3) is 7.86. The van der Waals surface area contributed by atoms with Crippen molar-refractivity contribution in [1.29, 1.82) is 0 Å². The van der Waals surface area contributed by atoms with Crippen molar-refractivity contribution in [3.8, 4) is 16.9 Å². The molecule has 0 spiro atoms. The molecule has 0 radical (unpaired) electrons. The highest BCUT2D eigenvalue weighted by Crippen LogP contribution is 2.29. The summed E-state index contributed by atoms with van der Waals surface area (Å²) in [4.78, 5) is 18.2. The van der Waals surface area contributed by atoms with E-state index in [1.54, 1.807) is 0 Å². The molecule has 3 rings (SSSR count). The number of rotatable bonds is 7. The van der Waals surface area contributed by atoms with Crippen LogP contribution in [-0.4, -0.2) is 35.3 Å². The van der Waals surface area contributed by atoms with Gasteiger partial charge < -0.3 is 20.3 Å². The second-order valence-electron chi connectivity index (χ2n) is 5.98. The van der Waals surface area contributed by atoms with Gasteiger partial charge in [0.1, 0.15) is 12.4 Å². The summed E-state index contributed by atoms with van der Waals surface area (Å²) in [6.07, 6.45) is 0. The Balaban J connectivity index is 0.000000438. The van der Waals surface area contributed by atoms with Gasteiger partial charge in [-0.3, -0.25) is 0 Å². The van der Waals surface area contributed by atoms with Crippen LogP contribution in [0.2, 0.25) is 0 Å². The van der Waals surface area contributed by atoms with E-state index in [9.17, 15) is 0 Å². The highest BCUT2D eigenvalue weighted by atomic mass is 16.5. The van der Waals surface area contributed by atoms with Gasteiger partial charge in [0.05, 0.1) is 0 Å². The summed E-state index contributed by atoms with van der Waals surface area (Å²) in [5.41, 5.74) is 3.61. The van der Waals surface area contributed by atoms with Gasteiger partial charge in [0.15, 0.2) is 0 Å². The Morgan fingerprint density at radius 3 is 1.93 bits per heavy atom. The molecule has 3 N–H and O–H groups in total. The zero-order valence-electron chi connectivity index (χ0n) is 15.8. The summed E-state index contributed by atoms with van der Waals surface area (Å²) in [6.45, 7) is 2.33. The second kappa shape index (κ2) is 11.9. The lowest BCUT2D eigenvalue weighted by atomic mass is 10.1. The molecular weight excluding hydrogens is 370 g/mol. The smallest absolute Gasteiger partial charge is 0.414 e. The molecular formula is C23H23NO5. The van der Waals surface area contributed by atoms with E-state index < -0.39 is 11.9 Å². The Hall–Kier alpha value is -3.64. The number of nitrogens with one attached hydrogen (secondary N) is 1. The molecule has 0 heterocycles. The van der Waals surface area contributed by atoms with Crippen LogP contribution in [0.5, 0.6) is 5.75 Å². The maximum absolute atomic E-state index is 9.10. The van der Waals surface area contributed by atoms with Crippen LogP contribution in [0.3, 0.4) is 0 Å². The number of carboxylic acid groups (broad SMARTS) is 2. The van der Waals surface area contributed by atoms with E-state index in [4.69, 9.17) is 24.5 Å². The average molecular weight is 393 g/mol. The number of benzene rings is 3. The van der Waals surface area contributed by atoms with Crippen molar-refractivity contribution in [2.24, 2.45) is 0 Å². The van der Waals surface area contributed by atoms with Crippen molar-refractivity contribution in [2.75, 3.05) is 13.2 Å². The average Bonchev–Trinajstić information content (AvgIpc) is 2.75. The van der Waals surface area contributed by atoms with Crippen molar-refractivity contribution in [2.45, 2.75) is 6.54 Å². The van der Waals surface area contributed by atoms with Crippen LogP contribution in [0.25, 0.3) is 11.1 Å². The first-order chi connectivity index (χ1) is 14.1. The Bertz CT molecular complexity index is 885. The summed E-state index contributed by atoms with van der Waals surface area (Å²) in [7, 11) is 0. The number of carboxylic acids is 2. The maximum atomic E-state index is 9.10. The topological polar surface area (TPSA) is 95.9 Å². The molecule has 6 heteroatoms. The fourth-order valence-electron chi connectivity index (χ4n) is 2.51. The number of hydrogen-bond acceptors (Lipinski definition) is 4. The van der Waals surface area contributed by atoms with Crippen LogP contribution in [0.1, 0.15) is 5.56 Å². The number of hydrogen-bond donors (Lipinski definition) is 3. The minimum absolute atomic E-state index is 0.649. The zero-order valence-corrected chi connectivity index (χ0v) is 15.8. The van der Waals surface area contributed by atoms with Crippen LogP contribution in [0.15, 0.2) is 84.9 Å². The minimum Gasteiger partial charge on any atom is -0.492 e. The van der Waals surface area contributed by atoms with E-state index in [0.717, 1.165) is 24.4 Å². The van der Waals surface area contributed by atoms with Gasteiger partial charge in [-0.2, -0.15) is 0 Å². The van der Waals surface area contributed by atoms with Gasteiger partial charge in [0.2, 0.25) is 0 Å². The van der Waals surface area contributed by atoms with Gasteiger partial charge in [-0.15, -0.1) is 0 Å². The summed E-state index contributed by atoms with van der Waals surface area (Å²) < 4.78 is 5.97. The monoisotopic (exact) mass is 393 g/mol. The summed E-state index contributed by atoms with van der Waals surface area (Å²) in [6, 6.07) is 28.9. The lowest BCUT2D eigenvalue weighted by molar-refractivity contribution is -0.159. The van der Waals surface area contributed by atoms with E-state index in [1.165, 1.54) is 11.1 Å². The third-order valence-electron chi connectivity index (χ3n) is 3.86. The molecule has 3 aromatic carbocycles. The van der Waals surface area contributed by atoms with Crippen LogP contribution < -0.4 is 10.1 Å². The molecule has 0 aliphatic rings. The van der Waals surface area contributed by atoms with Gasteiger partial charge in [0, 0.05) is 18.7 Å². The highest BCUT2D eigenvalue weighted by Gasteiger charge is 2.05. The highest BCUT2D eigenvalue weighted by molar-refractivity contribution is 6.27. The van der Waals surface area contributed by atoms with E-state index in [0.29, 0.717) is 6.61 Å². The van der Waals surface area contributed by atoms with Crippen LogP contribution >= 0.6 is 0 Å². The lowest BCUT2D eigenvalue weighted by Gasteiger charge is -2.12. The maximum Gasteiger partial charge on any atom is 0.414 e. The molecule has 0 aromatic heterocycles. The van der Waals surface area contributed by atoms with Gasteiger partial charge in [-0.25, -0.2) is 9.59 Å². The SMILES string of the molecule is O=C(O)C(=O)O.c1ccc(CNCCOc2ccccc2-c2ccccc2)cc1. The molecule has 150 valence electrons. The van der Waals surface area contributed by atoms with Crippen molar-refractivity contribution in [3.63, 3.8) is 0 Å². The normalized spacial score (nSPS) is 9.79. The van der Waals surface area contributed by atoms with Gasteiger partial charge in [0.25, 0.3) is 0 Å². The molecule has 0 saturated heterocycles. The Labute approximate surface area is 169 Å². The van der Waals surface area contributed by atoms with Gasteiger partial charge in [-0.1, -0.05) is 78.9 Å². The molecule has 0 saturated carbocycles. The molecule has 3 aromatic rings. The van der Waals surface area contributed by atoms with E-state index in [2.05, 4.69) is 47.8 Å². The van der Waals surface area contributed by atoms with Gasteiger partial charge >= 0.3 is 11.9 Å². The molecule has 6 nitrogen and oxygen atoms in total. The molecule has 0 fully saturated rings. The summed E-state index contributed by atoms with van der Waals surface area (Å²) in [5, 5.41) is 18.2. The van der Waals surface area contributed by atoms with E-state index in [1.807, 2.05) is 42.5 Å². The molecule has 0 aliphatic carbocycles. The van der Waals surface area contributed by atoms with Crippen LogP contribution in [-0.2, 0) is 16.1 Å². The first-order valence-electron chi connectivity index (χ1n) is 9.06. The second-order valence-corrected chi connectivity index (χ2v) is 5.98. The molecule has 0 atom stereocenters. The number of carbonyl (C=O) groups is 2.